The Balaban J connectivity index is 2.63. The van der Waals surface area contributed by atoms with E-state index < -0.39 is 0 Å². The van der Waals surface area contributed by atoms with Gasteiger partial charge in [0.05, 0.1) is 13.2 Å². The predicted molar refractivity (Wildman–Crippen MR) is 70.6 cm³/mol. The Morgan fingerprint density at radius 2 is 2.18 bits per heavy atom. The van der Waals surface area contributed by atoms with Crippen LogP contribution in [-0.2, 0) is 6.54 Å². The molecule has 0 saturated heterocycles. The standard InChI is InChI=1S/C13H20ClNO2/c1-10(16)6-7-15(2)9-11-8-12(14)4-5-13(11)17-3/h4-5,8,10,16H,6-7,9H2,1-3H3. The molecule has 0 saturated carbocycles. The van der Waals surface area contributed by atoms with Gasteiger partial charge in [-0.2, -0.15) is 0 Å². The lowest BCUT2D eigenvalue weighted by molar-refractivity contribution is 0.162. The lowest BCUT2D eigenvalue weighted by Gasteiger charge is -2.19. The van der Waals surface area contributed by atoms with Gasteiger partial charge in [-0.25, -0.2) is 0 Å². The third-order valence-electron chi connectivity index (χ3n) is 2.61. The summed E-state index contributed by atoms with van der Waals surface area (Å²) in [6.45, 7) is 3.40. The Kier molecular flexibility index (Phi) is 5.75. The van der Waals surface area contributed by atoms with E-state index in [9.17, 15) is 5.11 Å². The molecule has 0 fully saturated rings. The van der Waals surface area contributed by atoms with E-state index in [0.717, 1.165) is 30.8 Å². The van der Waals surface area contributed by atoms with Gasteiger partial charge in [0.1, 0.15) is 5.75 Å². The van der Waals surface area contributed by atoms with Crippen LogP contribution in [0.5, 0.6) is 5.75 Å². The second-order valence-electron chi connectivity index (χ2n) is 4.33. The van der Waals surface area contributed by atoms with Gasteiger partial charge in [-0.15, -0.1) is 0 Å². The highest BCUT2D eigenvalue weighted by atomic mass is 35.5. The van der Waals surface area contributed by atoms with Crippen molar-refractivity contribution in [3.8, 4) is 5.75 Å². The first-order valence-electron chi connectivity index (χ1n) is 5.72. The van der Waals surface area contributed by atoms with Crippen LogP contribution >= 0.6 is 11.6 Å². The number of methoxy groups -OCH3 is 1. The maximum atomic E-state index is 9.24. The number of hydrogen-bond donors (Lipinski definition) is 1. The third kappa shape index (κ3) is 4.94. The van der Waals surface area contributed by atoms with Gasteiger partial charge < -0.3 is 14.7 Å². The summed E-state index contributed by atoms with van der Waals surface area (Å²) in [6, 6.07) is 5.61. The minimum Gasteiger partial charge on any atom is -0.496 e. The highest BCUT2D eigenvalue weighted by Crippen LogP contribution is 2.23. The SMILES string of the molecule is COc1ccc(Cl)cc1CN(C)CCC(C)O. The van der Waals surface area contributed by atoms with Crippen LogP contribution in [0.2, 0.25) is 5.02 Å². The van der Waals surface area contributed by atoms with Crippen molar-refractivity contribution in [1.82, 2.24) is 4.90 Å². The van der Waals surface area contributed by atoms with E-state index in [1.165, 1.54) is 0 Å². The summed E-state index contributed by atoms with van der Waals surface area (Å²) in [5, 5.41) is 9.95. The van der Waals surface area contributed by atoms with Crippen LogP contribution in [0.4, 0.5) is 0 Å². The van der Waals surface area contributed by atoms with Crippen molar-refractivity contribution < 1.29 is 9.84 Å². The first-order valence-corrected chi connectivity index (χ1v) is 6.09. The molecule has 0 heterocycles. The summed E-state index contributed by atoms with van der Waals surface area (Å²) in [4.78, 5) is 2.14. The summed E-state index contributed by atoms with van der Waals surface area (Å²) in [5.74, 6) is 0.846. The number of aliphatic hydroxyl groups is 1. The second kappa shape index (κ2) is 6.84. The molecular formula is C13H20ClNO2. The van der Waals surface area contributed by atoms with E-state index in [4.69, 9.17) is 16.3 Å². The molecule has 1 unspecified atom stereocenters. The van der Waals surface area contributed by atoms with Crippen molar-refractivity contribution in [3.63, 3.8) is 0 Å². The van der Waals surface area contributed by atoms with E-state index in [-0.39, 0.29) is 6.10 Å². The maximum absolute atomic E-state index is 9.24. The molecule has 0 amide bonds. The fourth-order valence-electron chi connectivity index (χ4n) is 1.65. The molecule has 1 aromatic carbocycles. The largest absolute Gasteiger partial charge is 0.496 e. The average Bonchev–Trinajstić information content (AvgIpc) is 2.27. The van der Waals surface area contributed by atoms with E-state index in [0.29, 0.717) is 5.02 Å². The summed E-state index contributed by atoms with van der Waals surface area (Å²) in [5.41, 5.74) is 1.06. The summed E-state index contributed by atoms with van der Waals surface area (Å²) in [6.07, 6.45) is 0.498. The minimum atomic E-state index is -0.265. The molecule has 0 spiro atoms. The fourth-order valence-corrected chi connectivity index (χ4v) is 1.84. The summed E-state index contributed by atoms with van der Waals surface area (Å²) >= 11 is 5.97. The third-order valence-corrected chi connectivity index (χ3v) is 2.85. The summed E-state index contributed by atoms with van der Waals surface area (Å²) in [7, 11) is 3.67. The molecule has 1 rings (SSSR count). The van der Waals surface area contributed by atoms with Crippen LogP contribution in [-0.4, -0.2) is 36.8 Å². The van der Waals surface area contributed by atoms with Crippen molar-refractivity contribution in [3.05, 3.63) is 28.8 Å². The van der Waals surface area contributed by atoms with Crippen LogP contribution in [0, 0.1) is 0 Å². The van der Waals surface area contributed by atoms with Crippen LogP contribution in [0.1, 0.15) is 18.9 Å². The van der Waals surface area contributed by atoms with Gasteiger partial charge in [-0.1, -0.05) is 11.6 Å². The molecule has 0 radical (unpaired) electrons. The molecule has 0 aromatic heterocycles. The average molecular weight is 258 g/mol. The Labute approximate surface area is 108 Å². The molecule has 17 heavy (non-hydrogen) atoms. The number of rotatable bonds is 6. The highest BCUT2D eigenvalue weighted by molar-refractivity contribution is 6.30. The number of benzene rings is 1. The fraction of sp³-hybridized carbons (Fsp3) is 0.538. The molecule has 1 aromatic rings. The van der Waals surface area contributed by atoms with Gasteiger partial charge >= 0.3 is 0 Å². The Morgan fingerprint density at radius 3 is 2.76 bits per heavy atom. The number of hydrogen-bond acceptors (Lipinski definition) is 3. The van der Waals surface area contributed by atoms with Crippen LogP contribution < -0.4 is 4.74 Å². The van der Waals surface area contributed by atoms with Crippen LogP contribution in [0.15, 0.2) is 18.2 Å². The number of aliphatic hydroxyl groups excluding tert-OH is 1. The topological polar surface area (TPSA) is 32.7 Å². The van der Waals surface area contributed by atoms with E-state index >= 15 is 0 Å². The van der Waals surface area contributed by atoms with Crippen molar-refractivity contribution in [2.75, 3.05) is 20.7 Å². The van der Waals surface area contributed by atoms with Gasteiger partial charge in [0, 0.05) is 23.7 Å². The van der Waals surface area contributed by atoms with Crippen molar-refractivity contribution in [2.45, 2.75) is 26.0 Å². The second-order valence-corrected chi connectivity index (χ2v) is 4.77. The molecule has 1 N–H and O–H groups in total. The lowest BCUT2D eigenvalue weighted by Crippen LogP contribution is -2.22. The normalized spacial score (nSPS) is 12.8. The molecule has 0 aliphatic carbocycles. The van der Waals surface area contributed by atoms with Gasteiger partial charge in [-0.05, 0) is 38.6 Å². The smallest absolute Gasteiger partial charge is 0.123 e. The summed E-state index contributed by atoms with van der Waals surface area (Å²) < 4.78 is 5.29. The van der Waals surface area contributed by atoms with Crippen LogP contribution in [0.3, 0.4) is 0 Å². The zero-order valence-corrected chi connectivity index (χ0v) is 11.4. The lowest BCUT2D eigenvalue weighted by atomic mass is 10.2. The van der Waals surface area contributed by atoms with Crippen molar-refractivity contribution in [2.24, 2.45) is 0 Å². The number of nitrogens with zero attached hydrogens (tertiary/aromatic N) is 1. The zero-order valence-electron chi connectivity index (χ0n) is 10.6. The Morgan fingerprint density at radius 1 is 1.47 bits per heavy atom. The van der Waals surface area contributed by atoms with Crippen molar-refractivity contribution in [1.29, 1.82) is 0 Å². The van der Waals surface area contributed by atoms with Gasteiger partial charge in [0.25, 0.3) is 0 Å². The molecule has 0 aliphatic heterocycles. The van der Waals surface area contributed by atoms with Gasteiger partial charge in [0.15, 0.2) is 0 Å². The maximum Gasteiger partial charge on any atom is 0.123 e. The molecule has 1 atom stereocenters. The van der Waals surface area contributed by atoms with Crippen LogP contribution in [0.25, 0.3) is 0 Å². The van der Waals surface area contributed by atoms with E-state index in [1.807, 2.05) is 25.2 Å². The van der Waals surface area contributed by atoms with Gasteiger partial charge in [0.2, 0.25) is 0 Å². The molecular weight excluding hydrogens is 238 g/mol. The molecule has 0 aliphatic rings. The minimum absolute atomic E-state index is 0.265. The molecule has 96 valence electrons. The Bertz CT molecular complexity index is 355. The molecule has 4 heteroatoms. The monoisotopic (exact) mass is 257 g/mol. The number of ether oxygens (including phenoxy) is 1. The van der Waals surface area contributed by atoms with Gasteiger partial charge in [-0.3, -0.25) is 0 Å². The highest BCUT2D eigenvalue weighted by Gasteiger charge is 2.08. The number of halogens is 1. The quantitative estimate of drug-likeness (QED) is 0.850. The van der Waals surface area contributed by atoms with E-state index in [2.05, 4.69) is 4.90 Å². The predicted octanol–water partition coefficient (Wildman–Crippen LogP) is 2.55. The van der Waals surface area contributed by atoms with Crippen molar-refractivity contribution >= 4 is 11.6 Å². The van der Waals surface area contributed by atoms with E-state index in [1.54, 1.807) is 14.0 Å². The molecule has 3 nitrogen and oxygen atoms in total. The first-order chi connectivity index (χ1) is 8.02. The Hall–Kier alpha value is -0.770. The molecule has 0 bridgehead atoms. The first kappa shape index (κ1) is 14.3. The zero-order chi connectivity index (χ0) is 12.8.